The summed E-state index contributed by atoms with van der Waals surface area (Å²) in [6.07, 6.45) is 3.92. The summed E-state index contributed by atoms with van der Waals surface area (Å²) in [5.74, 6) is 0.0488. The molecule has 5 nitrogen and oxygen atoms in total. The number of rotatable bonds is 5. The number of aromatic nitrogens is 2. The number of hydrogen-bond acceptors (Lipinski definition) is 6. The maximum atomic E-state index is 12.2. The van der Waals surface area contributed by atoms with Gasteiger partial charge in [-0.25, -0.2) is 4.98 Å². The van der Waals surface area contributed by atoms with Crippen molar-refractivity contribution in [2.75, 3.05) is 11.6 Å². The molecule has 0 aromatic carbocycles. The lowest BCUT2D eigenvalue weighted by molar-refractivity contribution is -0.105. The third kappa shape index (κ3) is 2.57. The lowest BCUT2D eigenvalue weighted by atomic mass is 10.2. The van der Waals surface area contributed by atoms with Crippen LogP contribution < -0.4 is 5.32 Å². The van der Waals surface area contributed by atoms with E-state index in [9.17, 15) is 9.59 Å². The highest BCUT2D eigenvalue weighted by Crippen LogP contribution is 2.30. The Kier molecular flexibility index (Phi) is 4.06. The van der Waals surface area contributed by atoms with Gasteiger partial charge in [0.2, 0.25) is 12.2 Å². The lowest BCUT2D eigenvalue weighted by Gasteiger charge is -1.98. The maximum absolute atomic E-state index is 12.2. The quantitative estimate of drug-likeness (QED) is 0.515. The zero-order chi connectivity index (χ0) is 13.0. The first-order valence-corrected chi connectivity index (χ1v) is 7.01. The molecule has 0 atom stereocenters. The first kappa shape index (κ1) is 12.7. The van der Waals surface area contributed by atoms with Crippen LogP contribution >= 0.6 is 23.1 Å². The van der Waals surface area contributed by atoms with Crippen LogP contribution in [0.2, 0.25) is 0 Å². The fourth-order valence-corrected chi connectivity index (χ4v) is 2.78. The summed E-state index contributed by atoms with van der Waals surface area (Å²) in [5, 5.41) is 2.44. The Morgan fingerprint density at radius 3 is 2.94 bits per heavy atom. The zero-order valence-corrected chi connectivity index (χ0v) is 11.0. The number of carbonyl (C=O) groups excluding carboxylic acids is 2. The minimum atomic E-state index is -0.238. The van der Waals surface area contributed by atoms with E-state index >= 15 is 0 Å². The van der Waals surface area contributed by atoms with Gasteiger partial charge in [-0.1, -0.05) is 17.8 Å². The van der Waals surface area contributed by atoms with Crippen LogP contribution in [0.3, 0.4) is 0 Å². The molecule has 2 rings (SSSR count). The number of amides is 1. The Hall–Kier alpha value is -1.73. The molecule has 0 bridgehead atoms. The van der Waals surface area contributed by atoms with Crippen molar-refractivity contribution in [1.82, 2.24) is 9.97 Å². The zero-order valence-electron chi connectivity index (χ0n) is 9.41. The molecule has 2 aromatic rings. The SMILES string of the molecule is CSc1nc(NC=O)c(C(=O)c2ccccn2)s1. The third-order valence-electron chi connectivity index (χ3n) is 2.08. The predicted molar refractivity (Wildman–Crippen MR) is 71.3 cm³/mol. The summed E-state index contributed by atoms with van der Waals surface area (Å²) in [5.41, 5.74) is 0.336. The summed E-state index contributed by atoms with van der Waals surface area (Å²) >= 11 is 2.66. The van der Waals surface area contributed by atoms with Gasteiger partial charge in [0.25, 0.3) is 0 Å². The summed E-state index contributed by atoms with van der Waals surface area (Å²) < 4.78 is 0.721. The topological polar surface area (TPSA) is 72.0 Å². The van der Waals surface area contributed by atoms with E-state index in [-0.39, 0.29) is 11.6 Å². The van der Waals surface area contributed by atoms with Crippen LogP contribution in [0, 0.1) is 0 Å². The molecule has 0 aliphatic carbocycles. The smallest absolute Gasteiger partial charge is 0.225 e. The number of carbonyl (C=O) groups is 2. The van der Waals surface area contributed by atoms with E-state index in [0.29, 0.717) is 17.0 Å². The van der Waals surface area contributed by atoms with Crippen LogP contribution in [0.25, 0.3) is 0 Å². The van der Waals surface area contributed by atoms with Crippen molar-refractivity contribution in [2.24, 2.45) is 0 Å². The van der Waals surface area contributed by atoms with Crippen molar-refractivity contribution in [1.29, 1.82) is 0 Å². The summed E-state index contributed by atoms with van der Waals surface area (Å²) in [4.78, 5) is 31.3. The highest BCUT2D eigenvalue weighted by Gasteiger charge is 2.20. The molecule has 0 saturated heterocycles. The highest BCUT2D eigenvalue weighted by atomic mass is 32.2. The highest BCUT2D eigenvalue weighted by molar-refractivity contribution is 8.00. The molecular weight excluding hydrogens is 270 g/mol. The average molecular weight is 279 g/mol. The minimum Gasteiger partial charge on any atom is -0.312 e. The van der Waals surface area contributed by atoms with Crippen LogP contribution in [-0.2, 0) is 4.79 Å². The average Bonchev–Trinajstić information content (AvgIpc) is 2.82. The van der Waals surface area contributed by atoms with Gasteiger partial charge in [0.05, 0.1) is 0 Å². The molecule has 7 heteroatoms. The van der Waals surface area contributed by atoms with Gasteiger partial charge in [-0.3, -0.25) is 14.6 Å². The molecule has 0 fully saturated rings. The largest absolute Gasteiger partial charge is 0.312 e. The third-order valence-corrected chi connectivity index (χ3v) is 4.12. The van der Waals surface area contributed by atoms with Crippen LogP contribution in [0.1, 0.15) is 15.4 Å². The second-order valence-electron chi connectivity index (χ2n) is 3.17. The van der Waals surface area contributed by atoms with Gasteiger partial charge in [0, 0.05) is 6.20 Å². The lowest BCUT2D eigenvalue weighted by Crippen LogP contribution is -2.06. The molecule has 0 spiro atoms. The van der Waals surface area contributed by atoms with Gasteiger partial charge < -0.3 is 5.32 Å². The number of anilines is 1. The van der Waals surface area contributed by atoms with Gasteiger partial charge in [0.1, 0.15) is 10.6 Å². The molecule has 0 radical (unpaired) electrons. The van der Waals surface area contributed by atoms with Crippen molar-refractivity contribution < 1.29 is 9.59 Å². The Labute approximate surface area is 112 Å². The van der Waals surface area contributed by atoms with E-state index in [1.54, 1.807) is 24.4 Å². The molecule has 2 heterocycles. The summed E-state index contributed by atoms with van der Waals surface area (Å²) in [6.45, 7) is 0. The second kappa shape index (κ2) is 5.74. The van der Waals surface area contributed by atoms with Gasteiger partial charge in [-0.15, -0.1) is 11.3 Å². The molecular formula is C11H9N3O2S2. The number of thioether (sulfide) groups is 1. The van der Waals surface area contributed by atoms with Gasteiger partial charge in [-0.2, -0.15) is 0 Å². The molecule has 1 N–H and O–H groups in total. The summed E-state index contributed by atoms with van der Waals surface area (Å²) in [7, 11) is 0. The van der Waals surface area contributed by atoms with E-state index < -0.39 is 0 Å². The first-order valence-electron chi connectivity index (χ1n) is 4.97. The molecule has 0 aliphatic rings. The van der Waals surface area contributed by atoms with E-state index in [2.05, 4.69) is 15.3 Å². The van der Waals surface area contributed by atoms with Crippen molar-refractivity contribution in [2.45, 2.75) is 4.34 Å². The van der Waals surface area contributed by atoms with Crippen molar-refractivity contribution >= 4 is 41.1 Å². The monoisotopic (exact) mass is 279 g/mol. The number of thiazole rings is 1. The van der Waals surface area contributed by atoms with Crippen LogP contribution in [-0.4, -0.2) is 28.4 Å². The molecule has 0 aliphatic heterocycles. The molecule has 18 heavy (non-hydrogen) atoms. The maximum Gasteiger partial charge on any atom is 0.225 e. The molecule has 0 unspecified atom stereocenters. The Balaban J connectivity index is 2.40. The van der Waals surface area contributed by atoms with Crippen molar-refractivity contribution in [3.05, 3.63) is 35.0 Å². The number of nitrogens with one attached hydrogen (secondary N) is 1. The van der Waals surface area contributed by atoms with E-state index in [1.165, 1.54) is 23.1 Å². The second-order valence-corrected chi connectivity index (χ2v) is 5.22. The van der Waals surface area contributed by atoms with E-state index in [0.717, 1.165) is 4.34 Å². The van der Waals surface area contributed by atoms with Gasteiger partial charge >= 0.3 is 0 Å². The molecule has 1 amide bonds. The first-order chi connectivity index (χ1) is 8.76. The van der Waals surface area contributed by atoms with E-state index in [1.807, 2.05) is 6.26 Å². The molecule has 92 valence electrons. The fourth-order valence-electron chi connectivity index (χ4n) is 1.31. The van der Waals surface area contributed by atoms with Gasteiger partial charge in [-0.05, 0) is 18.4 Å². The fraction of sp³-hybridized carbons (Fsp3) is 0.0909. The van der Waals surface area contributed by atoms with Crippen molar-refractivity contribution in [3.8, 4) is 0 Å². The van der Waals surface area contributed by atoms with Gasteiger partial charge in [0.15, 0.2) is 10.2 Å². The number of nitrogens with zero attached hydrogens (tertiary/aromatic N) is 2. The molecule has 0 saturated carbocycles. The Morgan fingerprint density at radius 1 is 1.50 bits per heavy atom. The Bertz CT molecular complexity index is 569. The number of pyridine rings is 1. The van der Waals surface area contributed by atoms with Crippen molar-refractivity contribution in [3.63, 3.8) is 0 Å². The van der Waals surface area contributed by atoms with E-state index in [4.69, 9.17) is 0 Å². The standard InChI is InChI=1S/C11H9N3O2S2/c1-17-11-14-10(13-6-15)9(18-11)8(16)7-4-2-3-5-12-7/h2-6H,1H3,(H,13,15). The minimum absolute atomic E-state index is 0.238. The van der Waals surface area contributed by atoms with Crippen LogP contribution in [0.5, 0.6) is 0 Å². The molecule has 2 aromatic heterocycles. The predicted octanol–water partition coefficient (Wildman–Crippen LogP) is 2.06. The van der Waals surface area contributed by atoms with Crippen LogP contribution in [0.4, 0.5) is 5.82 Å². The number of hydrogen-bond donors (Lipinski definition) is 1. The van der Waals surface area contributed by atoms with Crippen LogP contribution in [0.15, 0.2) is 28.7 Å². The summed E-state index contributed by atoms with van der Waals surface area (Å²) in [6, 6.07) is 5.11. The Morgan fingerprint density at radius 2 is 2.33 bits per heavy atom. The normalized spacial score (nSPS) is 10.1. The number of ketones is 1.